The van der Waals surface area contributed by atoms with Gasteiger partial charge in [-0.2, -0.15) is 0 Å². The molecule has 0 fully saturated rings. The first-order chi connectivity index (χ1) is 15.0. The SMILES string of the molecule is Cn1c(CCNC(=O)c2ccc(Cl)cc2)nnc1SCc1nc2ccccc2c(=O)[nH]1. The van der Waals surface area contributed by atoms with Crippen LogP contribution in [0.4, 0.5) is 0 Å². The fourth-order valence-electron chi connectivity index (χ4n) is 3.02. The van der Waals surface area contributed by atoms with Gasteiger partial charge in [0.25, 0.3) is 11.5 Å². The molecule has 0 bridgehead atoms. The number of nitrogens with zero attached hydrogens (tertiary/aromatic N) is 4. The second kappa shape index (κ2) is 9.32. The molecule has 2 aromatic carbocycles. The molecule has 0 atom stereocenters. The van der Waals surface area contributed by atoms with Crippen LogP contribution >= 0.6 is 23.4 Å². The number of nitrogens with one attached hydrogen (secondary N) is 2. The van der Waals surface area contributed by atoms with E-state index in [2.05, 4.69) is 25.5 Å². The van der Waals surface area contributed by atoms with Crippen LogP contribution in [0.25, 0.3) is 10.9 Å². The van der Waals surface area contributed by atoms with Gasteiger partial charge in [-0.15, -0.1) is 10.2 Å². The van der Waals surface area contributed by atoms with E-state index >= 15 is 0 Å². The molecule has 0 aliphatic rings. The maximum absolute atomic E-state index is 12.2. The van der Waals surface area contributed by atoms with Gasteiger partial charge < -0.3 is 14.9 Å². The Balaban J connectivity index is 1.34. The highest BCUT2D eigenvalue weighted by Crippen LogP contribution is 2.20. The molecule has 0 unspecified atom stereocenters. The van der Waals surface area contributed by atoms with E-state index in [1.807, 2.05) is 29.8 Å². The van der Waals surface area contributed by atoms with Gasteiger partial charge in [0.1, 0.15) is 11.6 Å². The number of rotatable bonds is 7. The first-order valence-corrected chi connectivity index (χ1v) is 10.9. The monoisotopic (exact) mass is 454 g/mol. The number of hydrogen-bond acceptors (Lipinski definition) is 6. The van der Waals surface area contributed by atoms with Gasteiger partial charge in [-0.1, -0.05) is 35.5 Å². The molecule has 2 N–H and O–H groups in total. The Bertz CT molecular complexity index is 1290. The Kier molecular flexibility index (Phi) is 6.34. The van der Waals surface area contributed by atoms with E-state index < -0.39 is 0 Å². The van der Waals surface area contributed by atoms with Gasteiger partial charge >= 0.3 is 0 Å². The summed E-state index contributed by atoms with van der Waals surface area (Å²) >= 11 is 7.28. The number of benzene rings is 2. The van der Waals surface area contributed by atoms with E-state index in [0.29, 0.717) is 51.2 Å². The summed E-state index contributed by atoms with van der Waals surface area (Å²) < 4.78 is 1.87. The highest BCUT2D eigenvalue weighted by Gasteiger charge is 2.12. The van der Waals surface area contributed by atoms with Crippen molar-refractivity contribution in [2.24, 2.45) is 7.05 Å². The predicted octanol–water partition coefficient (Wildman–Crippen LogP) is 2.97. The van der Waals surface area contributed by atoms with Gasteiger partial charge in [0.15, 0.2) is 5.16 Å². The number of aromatic nitrogens is 5. The van der Waals surface area contributed by atoms with E-state index in [1.165, 1.54) is 11.8 Å². The summed E-state index contributed by atoms with van der Waals surface area (Å²) in [6, 6.07) is 14.0. The van der Waals surface area contributed by atoms with E-state index in [4.69, 9.17) is 11.6 Å². The van der Waals surface area contributed by atoms with Gasteiger partial charge in [0.05, 0.1) is 16.7 Å². The topological polar surface area (TPSA) is 106 Å². The van der Waals surface area contributed by atoms with Crippen LogP contribution in [0.1, 0.15) is 22.0 Å². The quantitative estimate of drug-likeness (QED) is 0.416. The first kappa shape index (κ1) is 21.1. The van der Waals surface area contributed by atoms with Crippen molar-refractivity contribution in [1.29, 1.82) is 0 Å². The lowest BCUT2D eigenvalue weighted by Gasteiger charge is -2.06. The summed E-state index contributed by atoms with van der Waals surface area (Å²) in [5, 5.41) is 13.1. The van der Waals surface area contributed by atoms with E-state index in [1.54, 1.807) is 30.3 Å². The number of amides is 1. The molecule has 0 radical (unpaired) electrons. The number of para-hydroxylation sites is 1. The molecule has 2 aromatic heterocycles. The van der Waals surface area contributed by atoms with Crippen LogP contribution in [0.3, 0.4) is 0 Å². The second-order valence-electron chi connectivity index (χ2n) is 6.79. The largest absolute Gasteiger partial charge is 0.352 e. The standard InChI is InChI=1S/C21H19ClN6O2S/c1-28-18(10-11-23-19(29)13-6-8-14(22)9-7-13)26-27-21(28)31-12-17-24-16-5-3-2-4-15(16)20(30)25-17/h2-9H,10-12H2,1H3,(H,23,29)(H,24,25,30). The van der Waals surface area contributed by atoms with Crippen molar-refractivity contribution in [2.75, 3.05) is 6.54 Å². The minimum atomic E-state index is -0.167. The second-order valence-corrected chi connectivity index (χ2v) is 8.17. The van der Waals surface area contributed by atoms with Crippen molar-refractivity contribution in [3.63, 3.8) is 0 Å². The van der Waals surface area contributed by atoms with E-state index in [9.17, 15) is 9.59 Å². The lowest BCUT2D eigenvalue weighted by atomic mass is 10.2. The highest BCUT2D eigenvalue weighted by molar-refractivity contribution is 7.98. The predicted molar refractivity (Wildman–Crippen MR) is 120 cm³/mol. The van der Waals surface area contributed by atoms with Gasteiger partial charge in [-0.25, -0.2) is 4.98 Å². The Labute approximate surface area is 187 Å². The summed E-state index contributed by atoms with van der Waals surface area (Å²) in [6.45, 7) is 0.428. The van der Waals surface area contributed by atoms with Crippen LogP contribution in [0.2, 0.25) is 5.02 Å². The Hall–Kier alpha value is -3.17. The molecule has 4 aromatic rings. The lowest BCUT2D eigenvalue weighted by molar-refractivity contribution is 0.0954. The zero-order chi connectivity index (χ0) is 21.8. The molecule has 0 aliphatic heterocycles. The molecule has 8 nitrogen and oxygen atoms in total. The third-order valence-corrected chi connectivity index (χ3v) is 5.95. The van der Waals surface area contributed by atoms with Crippen molar-refractivity contribution >= 4 is 40.2 Å². The number of halogens is 1. The van der Waals surface area contributed by atoms with Crippen LogP contribution in [0.15, 0.2) is 58.5 Å². The zero-order valence-corrected chi connectivity index (χ0v) is 18.2. The summed E-state index contributed by atoms with van der Waals surface area (Å²) in [5.41, 5.74) is 1.06. The van der Waals surface area contributed by atoms with Crippen molar-refractivity contribution in [1.82, 2.24) is 30.0 Å². The number of hydrogen-bond donors (Lipinski definition) is 2. The van der Waals surface area contributed by atoms with Crippen molar-refractivity contribution in [3.05, 3.63) is 81.1 Å². The smallest absolute Gasteiger partial charge is 0.258 e. The normalized spacial score (nSPS) is 11.0. The molecule has 0 saturated heterocycles. The molecule has 31 heavy (non-hydrogen) atoms. The summed E-state index contributed by atoms with van der Waals surface area (Å²) in [5.74, 6) is 1.62. The van der Waals surface area contributed by atoms with Gasteiger partial charge in [0, 0.05) is 30.6 Å². The fourth-order valence-corrected chi connectivity index (χ4v) is 3.94. The fraction of sp³-hybridized carbons (Fsp3) is 0.190. The lowest BCUT2D eigenvalue weighted by Crippen LogP contribution is -2.26. The average Bonchev–Trinajstić information content (AvgIpc) is 3.12. The number of aromatic amines is 1. The Morgan fingerprint density at radius 1 is 1.16 bits per heavy atom. The molecule has 1 amide bonds. The third kappa shape index (κ3) is 4.95. The molecule has 0 aliphatic carbocycles. The summed E-state index contributed by atoms with van der Waals surface area (Å²) in [6.07, 6.45) is 0.536. The van der Waals surface area contributed by atoms with Crippen LogP contribution in [-0.2, 0) is 19.2 Å². The average molecular weight is 455 g/mol. The minimum absolute atomic E-state index is 0.156. The number of fused-ring (bicyclic) bond motifs is 1. The highest BCUT2D eigenvalue weighted by atomic mass is 35.5. The minimum Gasteiger partial charge on any atom is -0.352 e. The first-order valence-electron chi connectivity index (χ1n) is 9.54. The van der Waals surface area contributed by atoms with Crippen LogP contribution in [0.5, 0.6) is 0 Å². The van der Waals surface area contributed by atoms with E-state index in [0.717, 1.165) is 5.82 Å². The van der Waals surface area contributed by atoms with Crippen molar-refractivity contribution in [3.8, 4) is 0 Å². The van der Waals surface area contributed by atoms with Crippen molar-refractivity contribution < 1.29 is 4.79 Å². The van der Waals surface area contributed by atoms with Crippen molar-refractivity contribution in [2.45, 2.75) is 17.3 Å². The summed E-state index contributed by atoms with van der Waals surface area (Å²) in [7, 11) is 1.87. The molecule has 4 rings (SSSR count). The number of carbonyl (C=O) groups excluding carboxylic acids is 1. The van der Waals surface area contributed by atoms with Gasteiger partial charge in [0.2, 0.25) is 0 Å². The molecule has 0 spiro atoms. The van der Waals surface area contributed by atoms with Gasteiger partial charge in [-0.3, -0.25) is 9.59 Å². The van der Waals surface area contributed by atoms with Crippen LogP contribution < -0.4 is 10.9 Å². The molecule has 158 valence electrons. The summed E-state index contributed by atoms with van der Waals surface area (Å²) in [4.78, 5) is 31.7. The molecular formula is C21H19ClN6O2S. The third-order valence-electron chi connectivity index (χ3n) is 4.67. The maximum atomic E-state index is 12.2. The van der Waals surface area contributed by atoms with E-state index in [-0.39, 0.29) is 11.5 Å². The Morgan fingerprint density at radius 3 is 2.74 bits per heavy atom. The molecule has 0 saturated carbocycles. The molecular weight excluding hydrogens is 436 g/mol. The molecule has 2 heterocycles. The molecule has 10 heteroatoms. The number of thioether (sulfide) groups is 1. The van der Waals surface area contributed by atoms with Gasteiger partial charge in [-0.05, 0) is 36.4 Å². The number of H-pyrrole nitrogens is 1. The maximum Gasteiger partial charge on any atom is 0.258 e. The number of carbonyl (C=O) groups is 1. The van der Waals surface area contributed by atoms with Crippen LogP contribution in [-0.4, -0.2) is 37.2 Å². The Morgan fingerprint density at radius 2 is 1.94 bits per heavy atom. The van der Waals surface area contributed by atoms with Crippen LogP contribution in [0, 0.1) is 0 Å². The zero-order valence-electron chi connectivity index (χ0n) is 16.6.